The Bertz CT molecular complexity index is 523. The van der Waals surface area contributed by atoms with Gasteiger partial charge >= 0.3 is 0 Å². The monoisotopic (exact) mass is 258 g/mol. The zero-order chi connectivity index (χ0) is 13.8. The Labute approximate surface area is 115 Å². The van der Waals surface area contributed by atoms with Gasteiger partial charge in [-0.25, -0.2) is 4.98 Å². The molecule has 0 saturated carbocycles. The van der Waals surface area contributed by atoms with Gasteiger partial charge in [0, 0.05) is 24.6 Å². The minimum absolute atomic E-state index is 0.494. The maximum Gasteiger partial charge on any atom is 0.196 e. The quantitative estimate of drug-likeness (QED) is 0.892. The lowest BCUT2D eigenvalue weighted by molar-refractivity contribution is 0.484. The van der Waals surface area contributed by atoms with Crippen LogP contribution in [0, 0.1) is 13.8 Å². The third kappa shape index (κ3) is 3.44. The number of oxazole rings is 1. The van der Waals surface area contributed by atoms with E-state index in [0.717, 1.165) is 30.2 Å². The van der Waals surface area contributed by atoms with Crippen molar-refractivity contribution in [2.45, 2.75) is 40.2 Å². The van der Waals surface area contributed by atoms with Crippen molar-refractivity contribution in [3.05, 3.63) is 41.4 Å². The molecule has 2 aromatic rings. The van der Waals surface area contributed by atoms with Crippen LogP contribution in [0.15, 0.2) is 28.8 Å². The van der Waals surface area contributed by atoms with Crippen LogP contribution < -0.4 is 5.32 Å². The molecule has 0 spiro atoms. The fourth-order valence-electron chi connectivity index (χ4n) is 2.21. The molecule has 1 heterocycles. The molecular formula is C16H22N2O. The molecule has 0 aliphatic heterocycles. The highest BCUT2D eigenvalue weighted by Crippen LogP contribution is 2.27. The van der Waals surface area contributed by atoms with Crippen molar-refractivity contribution >= 4 is 0 Å². The van der Waals surface area contributed by atoms with Gasteiger partial charge in [0.05, 0.1) is 6.20 Å². The minimum Gasteiger partial charge on any atom is -0.441 e. The fraction of sp³-hybridized carbons (Fsp3) is 0.438. The molecule has 19 heavy (non-hydrogen) atoms. The molecule has 0 fully saturated rings. The summed E-state index contributed by atoms with van der Waals surface area (Å²) in [5.74, 6) is 1.67. The van der Waals surface area contributed by atoms with Gasteiger partial charge in [-0.15, -0.1) is 0 Å². The Hall–Kier alpha value is -1.61. The van der Waals surface area contributed by atoms with Crippen LogP contribution >= 0.6 is 0 Å². The summed E-state index contributed by atoms with van der Waals surface area (Å²) in [4.78, 5) is 4.36. The van der Waals surface area contributed by atoms with Gasteiger partial charge in [-0.2, -0.15) is 0 Å². The zero-order valence-electron chi connectivity index (χ0n) is 12.2. The van der Waals surface area contributed by atoms with Crippen molar-refractivity contribution in [1.82, 2.24) is 10.3 Å². The molecular weight excluding hydrogens is 236 g/mol. The Morgan fingerprint density at radius 1 is 1.21 bits per heavy atom. The summed E-state index contributed by atoms with van der Waals surface area (Å²) in [6.07, 6.45) is 2.66. The molecule has 102 valence electrons. The standard InChI is InChI=1S/C16H22N2O/c1-11(2)17-9-8-15-18-10-14(19-15)16-12(3)6-5-7-13(16)4/h5-7,10-11,17H,8-9H2,1-4H3. The second-order valence-corrected chi connectivity index (χ2v) is 5.24. The molecule has 2 rings (SSSR count). The first-order chi connectivity index (χ1) is 9.08. The second-order valence-electron chi connectivity index (χ2n) is 5.24. The molecule has 0 bridgehead atoms. The van der Waals surface area contributed by atoms with Crippen LogP contribution in [-0.2, 0) is 6.42 Å². The van der Waals surface area contributed by atoms with Crippen LogP contribution in [0.25, 0.3) is 11.3 Å². The number of nitrogens with one attached hydrogen (secondary N) is 1. The second kappa shape index (κ2) is 6.02. The maximum absolute atomic E-state index is 5.86. The van der Waals surface area contributed by atoms with Crippen LogP contribution in [0.1, 0.15) is 30.9 Å². The SMILES string of the molecule is Cc1cccc(C)c1-c1cnc(CCNC(C)C)o1. The summed E-state index contributed by atoms with van der Waals surface area (Å²) < 4.78 is 5.86. The van der Waals surface area contributed by atoms with Crippen LogP contribution in [0.2, 0.25) is 0 Å². The van der Waals surface area contributed by atoms with Crippen molar-refractivity contribution < 1.29 is 4.42 Å². The van der Waals surface area contributed by atoms with Gasteiger partial charge in [0.2, 0.25) is 0 Å². The van der Waals surface area contributed by atoms with E-state index in [9.17, 15) is 0 Å². The molecule has 0 radical (unpaired) electrons. The number of hydrogen-bond donors (Lipinski definition) is 1. The summed E-state index contributed by atoms with van der Waals surface area (Å²) in [5.41, 5.74) is 3.61. The Kier molecular flexibility index (Phi) is 4.38. The normalized spacial score (nSPS) is 11.2. The highest BCUT2D eigenvalue weighted by Gasteiger charge is 2.11. The van der Waals surface area contributed by atoms with Crippen LogP contribution in [-0.4, -0.2) is 17.6 Å². The molecule has 1 aromatic carbocycles. The molecule has 0 unspecified atom stereocenters. The molecule has 1 aromatic heterocycles. The van der Waals surface area contributed by atoms with E-state index in [0.29, 0.717) is 6.04 Å². The first-order valence-electron chi connectivity index (χ1n) is 6.82. The van der Waals surface area contributed by atoms with Crippen LogP contribution in [0.5, 0.6) is 0 Å². The fourth-order valence-corrected chi connectivity index (χ4v) is 2.21. The number of hydrogen-bond acceptors (Lipinski definition) is 3. The van der Waals surface area contributed by atoms with Crippen molar-refractivity contribution in [3.63, 3.8) is 0 Å². The molecule has 0 aliphatic rings. The van der Waals surface area contributed by atoms with E-state index in [1.165, 1.54) is 11.1 Å². The Morgan fingerprint density at radius 2 is 1.89 bits per heavy atom. The maximum atomic E-state index is 5.86. The number of aryl methyl sites for hydroxylation is 2. The van der Waals surface area contributed by atoms with Crippen LogP contribution in [0.4, 0.5) is 0 Å². The molecule has 0 atom stereocenters. The van der Waals surface area contributed by atoms with Gasteiger partial charge in [0.15, 0.2) is 11.7 Å². The highest BCUT2D eigenvalue weighted by atomic mass is 16.4. The van der Waals surface area contributed by atoms with E-state index in [1.807, 2.05) is 6.20 Å². The van der Waals surface area contributed by atoms with E-state index in [4.69, 9.17) is 4.42 Å². The van der Waals surface area contributed by atoms with Gasteiger partial charge in [-0.05, 0) is 25.0 Å². The van der Waals surface area contributed by atoms with Gasteiger partial charge in [-0.1, -0.05) is 32.0 Å². The lowest BCUT2D eigenvalue weighted by Gasteiger charge is -2.06. The molecule has 3 nitrogen and oxygen atoms in total. The van der Waals surface area contributed by atoms with Gasteiger partial charge < -0.3 is 9.73 Å². The summed E-state index contributed by atoms with van der Waals surface area (Å²) in [5, 5.41) is 3.37. The van der Waals surface area contributed by atoms with Gasteiger partial charge in [0.1, 0.15) is 0 Å². The zero-order valence-corrected chi connectivity index (χ0v) is 12.2. The molecule has 0 amide bonds. The predicted molar refractivity (Wildman–Crippen MR) is 78.3 cm³/mol. The summed E-state index contributed by atoms with van der Waals surface area (Å²) in [6.45, 7) is 9.37. The smallest absolute Gasteiger partial charge is 0.196 e. The Morgan fingerprint density at radius 3 is 2.53 bits per heavy atom. The first-order valence-corrected chi connectivity index (χ1v) is 6.82. The number of nitrogens with zero attached hydrogens (tertiary/aromatic N) is 1. The highest BCUT2D eigenvalue weighted by molar-refractivity contribution is 5.65. The predicted octanol–water partition coefficient (Wildman–Crippen LogP) is 3.50. The average Bonchev–Trinajstić information content (AvgIpc) is 2.77. The third-order valence-corrected chi connectivity index (χ3v) is 3.17. The molecule has 3 heteroatoms. The lowest BCUT2D eigenvalue weighted by atomic mass is 10.0. The third-order valence-electron chi connectivity index (χ3n) is 3.17. The van der Waals surface area contributed by atoms with E-state index >= 15 is 0 Å². The molecule has 1 N–H and O–H groups in total. The van der Waals surface area contributed by atoms with E-state index < -0.39 is 0 Å². The topological polar surface area (TPSA) is 38.1 Å². The Balaban J connectivity index is 2.12. The van der Waals surface area contributed by atoms with Crippen molar-refractivity contribution in [1.29, 1.82) is 0 Å². The molecule has 0 saturated heterocycles. The van der Waals surface area contributed by atoms with E-state index in [1.54, 1.807) is 0 Å². The number of benzene rings is 1. The summed E-state index contributed by atoms with van der Waals surface area (Å²) in [6, 6.07) is 6.77. The van der Waals surface area contributed by atoms with Crippen molar-refractivity contribution in [3.8, 4) is 11.3 Å². The minimum atomic E-state index is 0.494. The average molecular weight is 258 g/mol. The molecule has 0 aliphatic carbocycles. The van der Waals surface area contributed by atoms with Crippen molar-refractivity contribution in [2.24, 2.45) is 0 Å². The van der Waals surface area contributed by atoms with Gasteiger partial charge in [-0.3, -0.25) is 0 Å². The number of aromatic nitrogens is 1. The van der Waals surface area contributed by atoms with Crippen LogP contribution in [0.3, 0.4) is 0 Å². The van der Waals surface area contributed by atoms with E-state index in [-0.39, 0.29) is 0 Å². The van der Waals surface area contributed by atoms with E-state index in [2.05, 4.69) is 56.2 Å². The first kappa shape index (κ1) is 13.8. The largest absolute Gasteiger partial charge is 0.441 e. The number of rotatable bonds is 5. The summed E-state index contributed by atoms with van der Waals surface area (Å²) in [7, 11) is 0. The summed E-state index contributed by atoms with van der Waals surface area (Å²) >= 11 is 0. The lowest BCUT2D eigenvalue weighted by Crippen LogP contribution is -2.24. The van der Waals surface area contributed by atoms with Gasteiger partial charge in [0.25, 0.3) is 0 Å². The van der Waals surface area contributed by atoms with Crippen molar-refractivity contribution in [2.75, 3.05) is 6.54 Å².